The molecule has 2 heteroatoms. The van der Waals surface area contributed by atoms with Crippen molar-refractivity contribution in [3.8, 4) is 0 Å². The molecule has 1 fully saturated rings. The van der Waals surface area contributed by atoms with E-state index in [1.165, 1.54) is 13.0 Å². The largest absolute Gasteiger partial charge is 0.297 e. The third kappa shape index (κ3) is 1.73. The van der Waals surface area contributed by atoms with Crippen molar-refractivity contribution in [3.63, 3.8) is 0 Å². The van der Waals surface area contributed by atoms with Crippen molar-refractivity contribution in [1.82, 2.24) is 4.90 Å². The Morgan fingerprint density at radius 2 is 2.10 bits per heavy atom. The smallest absolute Gasteiger partial charge is 0.0288 e. The second-order valence-corrected chi connectivity index (χ2v) is 4.77. The number of hydrogen-bond donors (Lipinski definition) is 0. The molecule has 1 saturated heterocycles. The molecule has 0 amide bonds. The predicted octanol–water partition coefficient (Wildman–Crippen LogP) is 2.25. The van der Waals surface area contributed by atoms with E-state index in [9.17, 15) is 0 Å². The topological polar surface area (TPSA) is 3.24 Å². The molecule has 0 aromatic heterocycles. The zero-order valence-electron chi connectivity index (χ0n) is 6.97. The quantitative estimate of drug-likeness (QED) is 0.595. The molecule has 1 aliphatic heterocycles. The molecule has 0 aliphatic carbocycles. The third-order valence-corrected chi connectivity index (χ3v) is 2.90. The monoisotopic (exact) mass is 205 g/mol. The van der Waals surface area contributed by atoms with Crippen molar-refractivity contribution in [1.29, 1.82) is 0 Å². The van der Waals surface area contributed by atoms with Crippen molar-refractivity contribution >= 4 is 15.9 Å². The average Bonchev–Trinajstić information content (AvgIpc) is 2.10. The summed E-state index contributed by atoms with van der Waals surface area (Å²) in [5.74, 6) is 0. The van der Waals surface area contributed by atoms with E-state index in [1.54, 1.807) is 0 Å². The fraction of sp³-hybridized carbons (Fsp3) is 1.00. The highest BCUT2D eigenvalue weighted by molar-refractivity contribution is 9.09. The average molecular weight is 206 g/mol. The molecule has 0 aromatic rings. The van der Waals surface area contributed by atoms with Crippen LogP contribution < -0.4 is 0 Å². The van der Waals surface area contributed by atoms with Gasteiger partial charge in [-0.15, -0.1) is 0 Å². The number of alkyl halides is 1. The molecule has 2 unspecified atom stereocenters. The van der Waals surface area contributed by atoms with Gasteiger partial charge in [-0.2, -0.15) is 0 Å². The Balaban J connectivity index is 2.46. The van der Waals surface area contributed by atoms with Gasteiger partial charge in [0.2, 0.25) is 0 Å². The summed E-state index contributed by atoms with van der Waals surface area (Å²) >= 11 is 3.65. The van der Waals surface area contributed by atoms with Crippen LogP contribution in [0.3, 0.4) is 0 Å². The Labute approximate surface area is 71.9 Å². The van der Waals surface area contributed by atoms with Gasteiger partial charge in [-0.3, -0.25) is 4.90 Å². The third-order valence-electron chi connectivity index (χ3n) is 2.24. The van der Waals surface area contributed by atoms with E-state index in [1.807, 2.05) is 0 Å². The minimum atomic E-state index is 0.706. The molecule has 0 bridgehead atoms. The summed E-state index contributed by atoms with van der Waals surface area (Å²) in [6.07, 6.45) is 1.30. The zero-order chi connectivity index (χ0) is 7.72. The van der Waals surface area contributed by atoms with E-state index < -0.39 is 0 Å². The standard InChI is InChI=1S/C8H16BrN/c1-6(2)10-5-8(9)4-7(10)3/h6-8H,4-5H2,1-3H3. The first kappa shape index (κ1) is 8.54. The first-order valence-electron chi connectivity index (χ1n) is 4.01. The van der Waals surface area contributed by atoms with Gasteiger partial charge >= 0.3 is 0 Å². The van der Waals surface area contributed by atoms with Crippen molar-refractivity contribution in [2.75, 3.05) is 6.54 Å². The van der Waals surface area contributed by atoms with Gasteiger partial charge in [0, 0.05) is 23.5 Å². The Morgan fingerprint density at radius 3 is 2.30 bits per heavy atom. The van der Waals surface area contributed by atoms with E-state index in [4.69, 9.17) is 0 Å². The fourth-order valence-corrected chi connectivity index (χ4v) is 2.58. The number of likely N-dealkylation sites (tertiary alicyclic amines) is 1. The van der Waals surface area contributed by atoms with Gasteiger partial charge in [-0.25, -0.2) is 0 Å². The van der Waals surface area contributed by atoms with Crippen LogP contribution in [0.2, 0.25) is 0 Å². The van der Waals surface area contributed by atoms with Crippen molar-refractivity contribution in [2.24, 2.45) is 0 Å². The molecule has 60 valence electrons. The van der Waals surface area contributed by atoms with Gasteiger partial charge in [-0.05, 0) is 27.2 Å². The minimum absolute atomic E-state index is 0.706. The number of nitrogens with zero attached hydrogens (tertiary/aromatic N) is 1. The lowest BCUT2D eigenvalue weighted by Gasteiger charge is -2.24. The highest BCUT2D eigenvalue weighted by Crippen LogP contribution is 2.24. The molecule has 1 aliphatic rings. The SMILES string of the molecule is CC(C)N1CC(Br)CC1C. The second-order valence-electron chi connectivity index (χ2n) is 3.47. The van der Waals surface area contributed by atoms with E-state index >= 15 is 0 Å². The van der Waals surface area contributed by atoms with Crippen molar-refractivity contribution in [3.05, 3.63) is 0 Å². The van der Waals surface area contributed by atoms with Gasteiger partial charge in [0.1, 0.15) is 0 Å². The molecule has 1 heterocycles. The Kier molecular flexibility index (Phi) is 2.75. The summed E-state index contributed by atoms with van der Waals surface area (Å²) in [6.45, 7) is 8.06. The van der Waals surface area contributed by atoms with E-state index in [0.29, 0.717) is 6.04 Å². The van der Waals surface area contributed by atoms with Crippen LogP contribution >= 0.6 is 15.9 Å². The van der Waals surface area contributed by atoms with Gasteiger partial charge in [0.05, 0.1) is 0 Å². The molecule has 0 radical (unpaired) electrons. The Morgan fingerprint density at radius 1 is 1.50 bits per heavy atom. The molecule has 1 nitrogen and oxygen atoms in total. The Hall–Kier alpha value is 0.440. The first-order chi connectivity index (χ1) is 4.61. The van der Waals surface area contributed by atoms with Crippen LogP contribution in [0.25, 0.3) is 0 Å². The van der Waals surface area contributed by atoms with E-state index in [0.717, 1.165) is 10.9 Å². The van der Waals surface area contributed by atoms with Crippen LogP contribution in [0.4, 0.5) is 0 Å². The van der Waals surface area contributed by atoms with Crippen LogP contribution in [0.5, 0.6) is 0 Å². The van der Waals surface area contributed by atoms with Crippen LogP contribution in [0.1, 0.15) is 27.2 Å². The lowest BCUT2D eigenvalue weighted by molar-refractivity contribution is 0.216. The summed E-state index contributed by atoms with van der Waals surface area (Å²) in [4.78, 5) is 3.27. The summed E-state index contributed by atoms with van der Waals surface area (Å²) in [7, 11) is 0. The van der Waals surface area contributed by atoms with Crippen molar-refractivity contribution < 1.29 is 0 Å². The lowest BCUT2D eigenvalue weighted by Crippen LogP contribution is -2.33. The van der Waals surface area contributed by atoms with Crippen molar-refractivity contribution in [2.45, 2.75) is 44.1 Å². The summed E-state index contributed by atoms with van der Waals surface area (Å²) in [5.41, 5.74) is 0. The molecule has 0 aromatic carbocycles. The zero-order valence-corrected chi connectivity index (χ0v) is 8.56. The fourth-order valence-electron chi connectivity index (χ4n) is 1.71. The molecule has 0 spiro atoms. The first-order valence-corrected chi connectivity index (χ1v) is 4.92. The lowest BCUT2D eigenvalue weighted by atomic mass is 10.2. The molecule has 10 heavy (non-hydrogen) atoms. The Bertz CT molecular complexity index is 114. The maximum atomic E-state index is 3.65. The molecule has 1 rings (SSSR count). The van der Waals surface area contributed by atoms with Crippen LogP contribution in [-0.2, 0) is 0 Å². The second kappa shape index (κ2) is 3.22. The number of rotatable bonds is 1. The van der Waals surface area contributed by atoms with Gasteiger partial charge < -0.3 is 0 Å². The highest BCUT2D eigenvalue weighted by Gasteiger charge is 2.28. The van der Waals surface area contributed by atoms with Gasteiger partial charge in [0.15, 0.2) is 0 Å². The maximum absolute atomic E-state index is 3.65. The number of halogens is 1. The minimum Gasteiger partial charge on any atom is -0.297 e. The summed E-state index contributed by atoms with van der Waals surface area (Å²) in [5, 5.41) is 0. The maximum Gasteiger partial charge on any atom is 0.0288 e. The van der Waals surface area contributed by atoms with Crippen LogP contribution in [0, 0.1) is 0 Å². The molecule has 2 atom stereocenters. The van der Waals surface area contributed by atoms with Crippen LogP contribution in [-0.4, -0.2) is 28.4 Å². The van der Waals surface area contributed by atoms with E-state index in [2.05, 4.69) is 41.6 Å². The molecule has 0 N–H and O–H groups in total. The van der Waals surface area contributed by atoms with E-state index in [-0.39, 0.29) is 0 Å². The van der Waals surface area contributed by atoms with Gasteiger partial charge in [0.25, 0.3) is 0 Å². The van der Waals surface area contributed by atoms with Crippen LogP contribution in [0.15, 0.2) is 0 Å². The summed E-state index contributed by atoms with van der Waals surface area (Å²) in [6, 6.07) is 1.47. The molecule has 0 saturated carbocycles. The normalized spacial score (nSPS) is 35.7. The van der Waals surface area contributed by atoms with Gasteiger partial charge in [-0.1, -0.05) is 15.9 Å². The predicted molar refractivity (Wildman–Crippen MR) is 48.6 cm³/mol. The highest BCUT2D eigenvalue weighted by atomic mass is 79.9. The molecular formula is C8H16BrN. The summed E-state index contributed by atoms with van der Waals surface area (Å²) < 4.78 is 0. The molecular weight excluding hydrogens is 190 g/mol. The number of hydrogen-bond acceptors (Lipinski definition) is 1.